The number of hydrazone groups is 1. The second kappa shape index (κ2) is 10.00. The lowest BCUT2D eigenvalue weighted by Gasteiger charge is -2.20. The van der Waals surface area contributed by atoms with Crippen LogP contribution in [0.25, 0.3) is 6.08 Å². The second-order valence-electron chi connectivity index (χ2n) is 7.71. The highest BCUT2D eigenvalue weighted by Crippen LogP contribution is 2.34. The van der Waals surface area contributed by atoms with Crippen LogP contribution in [0.15, 0.2) is 82.4 Å². The minimum Gasteiger partial charge on any atom is -0.493 e. The maximum absolute atomic E-state index is 13.1. The zero-order chi connectivity index (χ0) is 26.1. The molecule has 0 fully saturated rings. The molecule has 0 unspecified atom stereocenters. The molecule has 0 saturated carbocycles. The van der Waals surface area contributed by atoms with E-state index in [9.17, 15) is 14.0 Å². The number of amides is 1. The number of hydrogen-bond acceptors (Lipinski definition) is 7. The normalized spacial score (nSPS) is 15.9. The van der Waals surface area contributed by atoms with Crippen molar-refractivity contribution >= 4 is 57.4 Å². The van der Waals surface area contributed by atoms with E-state index in [-0.39, 0.29) is 33.6 Å². The van der Waals surface area contributed by atoms with Gasteiger partial charge in [0.15, 0.2) is 17.3 Å². The summed E-state index contributed by atoms with van der Waals surface area (Å²) < 4.78 is 23.9. The lowest BCUT2D eigenvalue weighted by atomic mass is 10.1. The number of thioether (sulfide) groups is 1. The number of fused-ring (bicyclic) bond motifs is 1. The van der Waals surface area contributed by atoms with Gasteiger partial charge < -0.3 is 9.47 Å². The highest BCUT2D eigenvalue weighted by atomic mass is 35.5. The summed E-state index contributed by atoms with van der Waals surface area (Å²) >= 11 is 7.43. The van der Waals surface area contributed by atoms with E-state index in [1.54, 1.807) is 30.3 Å². The van der Waals surface area contributed by atoms with Crippen LogP contribution >= 0.6 is 23.4 Å². The molecule has 5 rings (SSSR count). The van der Waals surface area contributed by atoms with Gasteiger partial charge in [-0.25, -0.2) is 9.18 Å². The summed E-state index contributed by atoms with van der Waals surface area (Å²) in [6.45, 7) is 0. The first-order chi connectivity index (χ1) is 17.8. The number of carbonyl (C=O) groups excluding carboxylic acids is 2. The fraction of sp³-hybridized carbons (Fsp3) is 0.0385. The van der Waals surface area contributed by atoms with Gasteiger partial charge in [-0.15, -0.1) is 0 Å². The van der Waals surface area contributed by atoms with Gasteiger partial charge in [-0.3, -0.25) is 10.2 Å². The molecule has 3 aromatic carbocycles. The van der Waals surface area contributed by atoms with Crippen molar-refractivity contribution in [2.45, 2.75) is 0 Å². The largest absolute Gasteiger partial charge is 0.493 e. The Labute approximate surface area is 219 Å². The number of nitrogens with zero attached hydrogens (tertiary/aromatic N) is 3. The summed E-state index contributed by atoms with van der Waals surface area (Å²) in [6.07, 6.45) is 1.48. The molecule has 1 amide bonds. The molecule has 1 N–H and O–H groups in total. The van der Waals surface area contributed by atoms with Crippen LogP contribution < -0.4 is 9.47 Å². The van der Waals surface area contributed by atoms with E-state index in [1.165, 1.54) is 36.4 Å². The highest BCUT2D eigenvalue weighted by molar-refractivity contribution is 8.27. The Hall–Kier alpha value is -4.28. The minimum atomic E-state index is -0.686. The first-order valence-electron chi connectivity index (χ1n) is 10.7. The van der Waals surface area contributed by atoms with Crippen molar-refractivity contribution in [3.8, 4) is 11.5 Å². The first kappa shape index (κ1) is 24.4. The summed E-state index contributed by atoms with van der Waals surface area (Å²) in [5.41, 5.74) is 1.37. The molecule has 0 aliphatic carbocycles. The summed E-state index contributed by atoms with van der Waals surface area (Å²) in [5.74, 6) is -1.53. The van der Waals surface area contributed by atoms with E-state index >= 15 is 0 Å². The quantitative estimate of drug-likeness (QED) is 0.268. The number of esters is 1. The first-order valence-corrected chi connectivity index (χ1v) is 11.9. The number of halogens is 2. The van der Waals surface area contributed by atoms with Crippen LogP contribution in [-0.2, 0) is 4.79 Å². The van der Waals surface area contributed by atoms with Gasteiger partial charge in [-0.2, -0.15) is 15.1 Å². The Morgan fingerprint density at radius 3 is 2.59 bits per heavy atom. The third-order valence-corrected chi connectivity index (χ3v) is 6.61. The molecular weight excluding hydrogens is 519 g/mol. The summed E-state index contributed by atoms with van der Waals surface area (Å²) in [7, 11) is 1.40. The Morgan fingerprint density at radius 2 is 1.86 bits per heavy atom. The molecule has 3 aromatic rings. The molecule has 8 nitrogen and oxygen atoms in total. The molecule has 0 bridgehead atoms. The number of nitrogens with one attached hydrogen (secondary N) is 1. The van der Waals surface area contributed by atoms with Gasteiger partial charge in [0.2, 0.25) is 5.17 Å². The molecular formula is C26H16ClFN4O4S. The number of amidine groups is 2. The molecule has 2 aliphatic rings. The molecule has 2 aliphatic heterocycles. The maximum Gasteiger partial charge on any atom is 0.343 e. The van der Waals surface area contributed by atoms with Crippen molar-refractivity contribution in [2.75, 3.05) is 7.11 Å². The van der Waals surface area contributed by atoms with Crippen molar-refractivity contribution in [3.63, 3.8) is 0 Å². The van der Waals surface area contributed by atoms with Crippen molar-refractivity contribution in [3.05, 3.63) is 99.8 Å². The van der Waals surface area contributed by atoms with Gasteiger partial charge >= 0.3 is 5.97 Å². The van der Waals surface area contributed by atoms with E-state index in [0.29, 0.717) is 21.2 Å². The Balaban J connectivity index is 1.40. The number of rotatable bonds is 5. The predicted octanol–water partition coefficient (Wildman–Crippen LogP) is 5.37. The summed E-state index contributed by atoms with van der Waals surface area (Å²) in [4.78, 5) is 29.3. The monoisotopic (exact) mass is 534 g/mol. The molecule has 0 saturated heterocycles. The van der Waals surface area contributed by atoms with Crippen LogP contribution in [0, 0.1) is 11.2 Å². The average molecular weight is 535 g/mol. The number of benzene rings is 3. The number of carbonyl (C=O) groups is 2. The Kier molecular flexibility index (Phi) is 6.60. The van der Waals surface area contributed by atoms with E-state index in [2.05, 4.69) is 10.1 Å². The van der Waals surface area contributed by atoms with Crippen LogP contribution in [0.4, 0.5) is 4.39 Å². The van der Waals surface area contributed by atoms with Crippen LogP contribution in [0.3, 0.4) is 0 Å². The van der Waals surface area contributed by atoms with E-state index in [0.717, 1.165) is 23.9 Å². The minimum absolute atomic E-state index is 0.0200. The maximum atomic E-state index is 13.1. The SMILES string of the molecule is COc1cc(C=C2C(=N)N3N=C(c4ccccc4Cl)SC3=NC2=O)ccc1OC(=O)c1ccc(F)cc1. The molecule has 0 radical (unpaired) electrons. The molecule has 0 aromatic heterocycles. The lowest BCUT2D eigenvalue weighted by Crippen LogP contribution is -2.35. The Morgan fingerprint density at radius 1 is 1.11 bits per heavy atom. The van der Waals surface area contributed by atoms with Crippen LogP contribution in [0.5, 0.6) is 11.5 Å². The summed E-state index contributed by atoms with van der Waals surface area (Å²) in [6, 6.07) is 16.7. The molecule has 184 valence electrons. The molecule has 11 heteroatoms. The molecule has 2 heterocycles. The van der Waals surface area contributed by atoms with Crippen molar-refractivity contribution in [1.82, 2.24) is 5.01 Å². The van der Waals surface area contributed by atoms with Gasteiger partial charge in [0, 0.05) is 5.56 Å². The smallest absolute Gasteiger partial charge is 0.343 e. The van der Waals surface area contributed by atoms with E-state index in [4.69, 9.17) is 26.5 Å². The van der Waals surface area contributed by atoms with Crippen LogP contribution in [0.1, 0.15) is 21.5 Å². The fourth-order valence-corrected chi connectivity index (χ4v) is 4.72. The van der Waals surface area contributed by atoms with Crippen molar-refractivity contribution in [1.29, 1.82) is 5.41 Å². The molecule has 0 spiro atoms. The predicted molar refractivity (Wildman–Crippen MR) is 140 cm³/mol. The second-order valence-corrected chi connectivity index (χ2v) is 9.07. The van der Waals surface area contributed by atoms with E-state index < -0.39 is 17.7 Å². The molecule has 37 heavy (non-hydrogen) atoms. The third-order valence-electron chi connectivity index (χ3n) is 5.34. The number of ether oxygens (including phenoxy) is 2. The lowest BCUT2D eigenvalue weighted by molar-refractivity contribution is -0.114. The number of hydrogen-bond donors (Lipinski definition) is 1. The Bertz CT molecular complexity index is 1550. The topological polar surface area (TPSA) is 104 Å². The fourth-order valence-electron chi connectivity index (χ4n) is 3.51. The van der Waals surface area contributed by atoms with Crippen molar-refractivity contribution in [2.24, 2.45) is 10.1 Å². The average Bonchev–Trinajstić information content (AvgIpc) is 3.31. The van der Waals surface area contributed by atoms with E-state index in [1.807, 2.05) is 6.07 Å². The zero-order valence-corrected chi connectivity index (χ0v) is 20.6. The zero-order valence-electron chi connectivity index (χ0n) is 19.1. The summed E-state index contributed by atoms with van der Waals surface area (Å²) in [5, 5.41) is 15.6. The van der Waals surface area contributed by atoms with Gasteiger partial charge in [-0.1, -0.05) is 35.9 Å². The van der Waals surface area contributed by atoms with Crippen LogP contribution in [-0.4, -0.2) is 40.0 Å². The van der Waals surface area contributed by atoms with Gasteiger partial charge in [0.05, 0.1) is 23.3 Å². The number of methoxy groups -OCH3 is 1. The van der Waals surface area contributed by atoms with Gasteiger partial charge in [0.25, 0.3) is 5.91 Å². The van der Waals surface area contributed by atoms with Crippen LogP contribution in [0.2, 0.25) is 5.02 Å². The van der Waals surface area contributed by atoms with Gasteiger partial charge in [0.1, 0.15) is 10.9 Å². The third kappa shape index (κ3) is 4.89. The van der Waals surface area contributed by atoms with Gasteiger partial charge in [-0.05, 0) is 65.9 Å². The standard InChI is InChI=1S/C26H16ClFN4O4S/c1-35-21-13-14(6-11-20(21)36-25(34)15-7-9-16(28)10-8-15)12-18-22(29)32-26(30-23(18)33)37-24(31-32)17-4-2-3-5-19(17)27/h2-13,29H,1H3. The number of aliphatic imine (C=N–C) groups is 1. The molecule has 0 atom stereocenters. The highest BCUT2D eigenvalue weighted by Gasteiger charge is 2.36. The van der Waals surface area contributed by atoms with Crippen molar-refractivity contribution < 1.29 is 23.5 Å².